The van der Waals surface area contributed by atoms with Crippen molar-refractivity contribution in [1.29, 1.82) is 0 Å². The minimum atomic E-state index is -0.155. The number of nitrogens with zero attached hydrogens (tertiary/aromatic N) is 1. The molecule has 0 fully saturated rings. The maximum atomic E-state index is 13.0. The molecular formula is C11H13FN+. The summed E-state index contributed by atoms with van der Waals surface area (Å²) in [6.45, 7) is 1.03. The summed E-state index contributed by atoms with van der Waals surface area (Å²) in [6, 6.07) is 6.82. The fourth-order valence-corrected chi connectivity index (χ4v) is 1.73. The van der Waals surface area contributed by atoms with E-state index in [4.69, 9.17) is 0 Å². The van der Waals surface area contributed by atoms with Crippen molar-refractivity contribution in [2.45, 2.75) is 6.42 Å². The molecule has 0 spiro atoms. The van der Waals surface area contributed by atoms with Crippen LogP contribution < -0.4 is 4.48 Å². The van der Waals surface area contributed by atoms with Gasteiger partial charge in [-0.15, -0.1) is 0 Å². The van der Waals surface area contributed by atoms with Crippen LogP contribution in [0.15, 0.2) is 36.5 Å². The Kier molecular flexibility index (Phi) is 1.93. The van der Waals surface area contributed by atoms with Crippen LogP contribution in [0, 0.1) is 5.82 Å². The molecule has 0 aromatic heterocycles. The first-order valence-corrected chi connectivity index (χ1v) is 4.50. The molecule has 1 aromatic rings. The predicted octanol–water partition coefficient (Wildman–Crippen LogP) is 2.68. The minimum Gasteiger partial charge on any atom is -0.267 e. The van der Waals surface area contributed by atoms with Crippen molar-refractivity contribution < 1.29 is 4.39 Å². The molecule has 0 amide bonds. The van der Waals surface area contributed by atoms with E-state index in [-0.39, 0.29) is 5.82 Å². The lowest BCUT2D eigenvalue weighted by atomic mass is 10.2. The lowest BCUT2D eigenvalue weighted by molar-refractivity contribution is 0.475. The first-order valence-electron chi connectivity index (χ1n) is 4.50. The van der Waals surface area contributed by atoms with E-state index < -0.39 is 0 Å². The largest absolute Gasteiger partial charge is 0.267 e. The van der Waals surface area contributed by atoms with Crippen molar-refractivity contribution >= 4 is 5.69 Å². The van der Waals surface area contributed by atoms with Gasteiger partial charge in [0.1, 0.15) is 11.5 Å². The highest BCUT2D eigenvalue weighted by Crippen LogP contribution is 2.26. The number of hydrogen-bond donors (Lipinski definition) is 0. The highest BCUT2D eigenvalue weighted by atomic mass is 19.1. The Morgan fingerprint density at radius 2 is 2.23 bits per heavy atom. The Balaban J connectivity index is 2.39. The molecule has 0 saturated heterocycles. The average Bonchev–Trinajstić information content (AvgIpc) is 2.54. The fourth-order valence-electron chi connectivity index (χ4n) is 1.73. The van der Waals surface area contributed by atoms with E-state index in [2.05, 4.69) is 19.3 Å². The molecule has 1 atom stereocenters. The van der Waals surface area contributed by atoms with Crippen molar-refractivity contribution in [3.8, 4) is 0 Å². The van der Waals surface area contributed by atoms with Crippen molar-refractivity contribution in [3.05, 3.63) is 42.4 Å². The lowest BCUT2D eigenvalue weighted by Crippen LogP contribution is -2.36. The molecule has 0 radical (unpaired) electrons. The highest BCUT2D eigenvalue weighted by Gasteiger charge is 2.25. The van der Waals surface area contributed by atoms with Crippen LogP contribution in [-0.4, -0.2) is 13.6 Å². The third-order valence-electron chi connectivity index (χ3n) is 2.59. The number of quaternary nitrogens is 1. The van der Waals surface area contributed by atoms with Crippen molar-refractivity contribution in [1.82, 2.24) is 4.48 Å². The number of benzene rings is 1. The molecule has 0 bridgehead atoms. The number of halogens is 1. The Labute approximate surface area is 77.7 Å². The lowest BCUT2D eigenvalue weighted by Gasteiger charge is -2.25. The smallest absolute Gasteiger partial charge is 0.140 e. The zero-order valence-corrected chi connectivity index (χ0v) is 7.70. The molecule has 1 heterocycles. The normalized spacial score (nSPS) is 26.6. The van der Waals surface area contributed by atoms with Gasteiger partial charge in [-0.05, 0) is 18.2 Å². The molecule has 1 aliphatic heterocycles. The molecule has 68 valence electrons. The molecule has 2 rings (SSSR count). The van der Waals surface area contributed by atoms with Gasteiger partial charge < -0.3 is 0 Å². The van der Waals surface area contributed by atoms with Gasteiger partial charge in [0.2, 0.25) is 0 Å². The van der Waals surface area contributed by atoms with Crippen LogP contribution in [0.25, 0.3) is 0 Å². The monoisotopic (exact) mass is 178 g/mol. The molecule has 0 aliphatic carbocycles. The molecule has 2 heteroatoms. The van der Waals surface area contributed by atoms with Crippen molar-refractivity contribution in [3.63, 3.8) is 0 Å². The van der Waals surface area contributed by atoms with Gasteiger partial charge in [0.05, 0.1) is 19.8 Å². The SMILES string of the molecule is C[N+]1(c2cccc(F)c2)C=CCC1. The van der Waals surface area contributed by atoms with Crippen LogP contribution >= 0.6 is 0 Å². The number of rotatable bonds is 1. The van der Waals surface area contributed by atoms with E-state index in [1.807, 2.05) is 6.07 Å². The van der Waals surface area contributed by atoms with Crippen molar-refractivity contribution in [2.75, 3.05) is 13.6 Å². The minimum absolute atomic E-state index is 0.155. The van der Waals surface area contributed by atoms with Gasteiger partial charge in [0.15, 0.2) is 0 Å². The van der Waals surface area contributed by atoms with E-state index in [1.165, 1.54) is 6.07 Å². The van der Waals surface area contributed by atoms with Gasteiger partial charge in [-0.1, -0.05) is 6.07 Å². The molecule has 1 unspecified atom stereocenters. The van der Waals surface area contributed by atoms with Crippen LogP contribution in [-0.2, 0) is 0 Å². The summed E-state index contributed by atoms with van der Waals surface area (Å²) in [5.41, 5.74) is 1.02. The quantitative estimate of drug-likeness (QED) is 0.580. The van der Waals surface area contributed by atoms with Gasteiger partial charge in [-0.2, -0.15) is 0 Å². The Bertz CT molecular complexity index is 346. The van der Waals surface area contributed by atoms with E-state index in [9.17, 15) is 4.39 Å². The van der Waals surface area contributed by atoms with Gasteiger partial charge in [-0.3, -0.25) is 4.48 Å². The molecular weight excluding hydrogens is 165 g/mol. The van der Waals surface area contributed by atoms with Crippen LogP contribution in [0.2, 0.25) is 0 Å². The first kappa shape index (κ1) is 8.45. The summed E-state index contributed by atoms with van der Waals surface area (Å²) in [6.07, 6.45) is 5.34. The summed E-state index contributed by atoms with van der Waals surface area (Å²) in [5, 5.41) is 0. The topological polar surface area (TPSA) is 0 Å². The molecule has 1 aromatic carbocycles. The number of hydrogen-bond acceptors (Lipinski definition) is 0. The Morgan fingerprint density at radius 1 is 1.38 bits per heavy atom. The van der Waals surface area contributed by atoms with Crippen LogP contribution in [0.4, 0.5) is 10.1 Å². The Morgan fingerprint density at radius 3 is 2.85 bits per heavy atom. The van der Waals surface area contributed by atoms with Crippen LogP contribution in [0.3, 0.4) is 0 Å². The van der Waals surface area contributed by atoms with Gasteiger partial charge in [0, 0.05) is 12.5 Å². The van der Waals surface area contributed by atoms with E-state index in [0.29, 0.717) is 0 Å². The second-order valence-corrected chi connectivity index (χ2v) is 3.64. The molecule has 13 heavy (non-hydrogen) atoms. The average molecular weight is 178 g/mol. The second-order valence-electron chi connectivity index (χ2n) is 3.64. The fraction of sp³-hybridized carbons (Fsp3) is 0.273. The molecule has 0 saturated carbocycles. The van der Waals surface area contributed by atoms with E-state index in [0.717, 1.165) is 23.1 Å². The maximum absolute atomic E-state index is 13.0. The highest BCUT2D eigenvalue weighted by molar-refractivity contribution is 5.45. The van der Waals surface area contributed by atoms with Gasteiger partial charge >= 0.3 is 0 Å². The summed E-state index contributed by atoms with van der Waals surface area (Å²) in [5.74, 6) is -0.155. The maximum Gasteiger partial charge on any atom is 0.140 e. The van der Waals surface area contributed by atoms with Crippen LogP contribution in [0.1, 0.15) is 6.42 Å². The molecule has 1 nitrogen and oxygen atoms in total. The van der Waals surface area contributed by atoms with Crippen molar-refractivity contribution in [2.24, 2.45) is 0 Å². The van der Waals surface area contributed by atoms with Gasteiger partial charge in [-0.25, -0.2) is 4.39 Å². The summed E-state index contributed by atoms with van der Waals surface area (Å²) >= 11 is 0. The van der Waals surface area contributed by atoms with E-state index >= 15 is 0 Å². The summed E-state index contributed by atoms with van der Waals surface area (Å²) in [7, 11) is 2.10. The summed E-state index contributed by atoms with van der Waals surface area (Å²) < 4.78 is 13.7. The predicted molar refractivity (Wildman–Crippen MR) is 52.7 cm³/mol. The third kappa shape index (κ3) is 1.49. The zero-order chi connectivity index (χ0) is 9.31. The standard InChI is InChI=1S/C11H13FN/c1-13(7-2-3-8-13)11-6-4-5-10(12)9-11/h2,4-7,9H,3,8H2,1H3/q+1. The molecule has 1 aliphatic rings. The zero-order valence-electron chi connectivity index (χ0n) is 7.70. The van der Waals surface area contributed by atoms with Crippen LogP contribution in [0.5, 0.6) is 0 Å². The third-order valence-corrected chi connectivity index (χ3v) is 2.59. The first-order chi connectivity index (χ1) is 6.21. The second kappa shape index (κ2) is 2.96. The van der Waals surface area contributed by atoms with Gasteiger partial charge in [0.25, 0.3) is 0 Å². The summed E-state index contributed by atoms with van der Waals surface area (Å²) in [4.78, 5) is 0. The Hall–Kier alpha value is -1.15. The van der Waals surface area contributed by atoms with E-state index in [1.54, 1.807) is 12.1 Å². The molecule has 0 N–H and O–H groups in total.